The summed E-state index contributed by atoms with van der Waals surface area (Å²) in [5.74, 6) is 0.501. The lowest BCUT2D eigenvalue weighted by Crippen LogP contribution is -2.20. The second-order valence-electron chi connectivity index (χ2n) is 4.16. The first-order valence-electron chi connectivity index (χ1n) is 5.12. The maximum absolute atomic E-state index is 4.17. The molecule has 0 saturated heterocycles. The van der Waals surface area contributed by atoms with Crippen molar-refractivity contribution < 1.29 is 0 Å². The van der Waals surface area contributed by atoms with Gasteiger partial charge in [0.15, 0.2) is 0 Å². The van der Waals surface area contributed by atoms with Crippen molar-refractivity contribution in [1.29, 1.82) is 0 Å². The van der Waals surface area contributed by atoms with Gasteiger partial charge in [0.1, 0.15) is 0 Å². The molecular formula is C11H14N4. The molecule has 0 bridgehead atoms. The predicted octanol–water partition coefficient (Wildman–Crippen LogP) is 3.72. The Morgan fingerprint density at radius 2 is 1.67 bits per heavy atom. The van der Waals surface area contributed by atoms with Crippen LogP contribution in [0.1, 0.15) is 25.8 Å². The fourth-order valence-electron chi connectivity index (χ4n) is 1.80. The summed E-state index contributed by atoms with van der Waals surface area (Å²) < 4.78 is 0. The Labute approximate surface area is 89.1 Å². The molecule has 1 aromatic rings. The van der Waals surface area contributed by atoms with Crippen molar-refractivity contribution in [3.8, 4) is 0 Å². The highest BCUT2D eigenvalue weighted by Crippen LogP contribution is 2.37. The SMILES string of the molecule is CC(C)CC1(c2ccccc2)N=NN=N1. The molecule has 4 heteroatoms. The molecular weight excluding hydrogens is 188 g/mol. The van der Waals surface area contributed by atoms with Gasteiger partial charge >= 0.3 is 0 Å². The van der Waals surface area contributed by atoms with Gasteiger partial charge in [0.25, 0.3) is 0 Å². The van der Waals surface area contributed by atoms with Gasteiger partial charge in [-0.15, -0.1) is 10.2 Å². The highest BCUT2D eigenvalue weighted by Gasteiger charge is 2.35. The molecule has 4 nitrogen and oxygen atoms in total. The zero-order chi connectivity index (χ0) is 10.7. The molecule has 0 aliphatic carbocycles. The van der Waals surface area contributed by atoms with E-state index in [4.69, 9.17) is 0 Å². The lowest BCUT2D eigenvalue weighted by molar-refractivity contribution is 0.361. The molecule has 0 unspecified atom stereocenters. The van der Waals surface area contributed by atoms with E-state index in [1.165, 1.54) is 0 Å². The Hall–Kier alpha value is -1.58. The Bertz CT molecular complexity index is 369. The monoisotopic (exact) mass is 202 g/mol. The van der Waals surface area contributed by atoms with E-state index in [9.17, 15) is 0 Å². The van der Waals surface area contributed by atoms with E-state index in [1.807, 2.05) is 30.3 Å². The van der Waals surface area contributed by atoms with Crippen LogP contribution in [-0.2, 0) is 5.66 Å². The summed E-state index contributed by atoms with van der Waals surface area (Å²) in [5, 5.41) is 15.6. The van der Waals surface area contributed by atoms with Crippen LogP contribution in [0.4, 0.5) is 0 Å². The van der Waals surface area contributed by atoms with Crippen molar-refractivity contribution in [2.45, 2.75) is 25.9 Å². The van der Waals surface area contributed by atoms with E-state index < -0.39 is 5.66 Å². The zero-order valence-corrected chi connectivity index (χ0v) is 8.96. The standard InChI is InChI=1S/C11H14N4/c1-9(2)8-11(12-14-15-13-11)10-6-4-3-5-7-10/h3-7,9H,8H2,1-2H3. The van der Waals surface area contributed by atoms with Gasteiger partial charge in [0.2, 0.25) is 5.66 Å². The molecule has 2 rings (SSSR count). The third-order valence-corrected chi connectivity index (χ3v) is 2.39. The molecule has 0 radical (unpaired) electrons. The van der Waals surface area contributed by atoms with Crippen LogP contribution < -0.4 is 0 Å². The molecule has 0 spiro atoms. The lowest BCUT2D eigenvalue weighted by Gasteiger charge is -2.21. The van der Waals surface area contributed by atoms with Crippen LogP contribution in [0, 0.1) is 5.92 Å². The van der Waals surface area contributed by atoms with Crippen LogP contribution in [0.15, 0.2) is 51.0 Å². The van der Waals surface area contributed by atoms with Crippen molar-refractivity contribution in [2.24, 2.45) is 26.6 Å². The number of hydrogen-bond acceptors (Lipinski definition) is 4. The molecule has 0 atom stereocenters. The molecule has 78 valence electrons. The molecule has 1 heterocycles. The van der Waals surface area contributed by atoms with E-state index in [2.05, 4.69) is 34.5 Å². The molecule has 0 fully saturated rings. The van der Waals surface area contributed by atoms with E-state index in [-0.39, 0.29) is 0 Å². The van der Waals surface area contributed by atoms with Crippen molar-refractivity contribution >= 4 is 0 Å². The minimum atomic E-state index is -0.574. The maximum atomic E-state index is 4.17. The van der Waals surface area contributed by atoms with Gasteiger partial charge in [-0.1, -0.05) is 44.2 Å². The number of rotatable bonds is 3. The van der Waals surface area contributed by atoms with Gasteiger partial charge in [0.05, 0.1) is 0 Å². The average molecular weight is 202 g/mol. The van der Waals surface area contributed by atoms with Gasteiger partial charge in [-0.3, -0.25) is 0 Å². The normalized spacial score (nSPS) is 17.5. The van der Waals surface area contributed by atoms with Gasteiger partial charge < -0.3 is 0 Å². The number of nitrogens with zero attached hydrogens (tertiary/aromatic N) is 4. The van der Waals surface area contributed by atoms with Crippen LogP contribution >= 0.6 is 0 Å². The Kier molecular flexibility index (Phi) is 2.58. The quantitative estimate of drug-likeness (QED) is 0.717. The summed E-state index contributed by atoms with van der Waals surface area (Å²) in [6.45, 7) is 4.29. The first-order valence-corrected chi connectivity index (χ1v) is 5.12. The molecule has 0 N–H and O–H groups in total. The fourth-order valence-corrected chi connectivity index (χ4v) is 1.80. The molecule has 15 heavy (non-hydrogen) atoms. The lowest BCUT2D eigenvalue weighted by atomic mass is 9.92. The fraction of sp³-hybridized carbons (Fsp3) is 0.455. The van der Waals surface area contributed by atoms with Gasteiger partial charge in [-0.2, -0.15) is 0 Å². The Morgan fingerprint density at radius 3 is 2.20 bits per heavy atom. The number of hydrogen-bond donors (Lipinski definition) is 0. The van der Waals surface area contributed by atoms with Crippen LogP contribution in [0.3, 0.4) is 0 Å². The van der Waals surface area contributed by atoms with Crippen molar-refractivity contribution in [3.05, 3.63) is 35.9 Å². The van der Waals surface area contributed by atoms with Crippen LogP contribution in [0.5, 0.6) is 0 Å². The second kappa shape index (κ2) is 3.88. The molecule has 0 aromatic heterocycles. The van der Waals surface area contributed by atoms with E-state index in [1.54, 1.807) is 0 Å². The third kappa shape index (κ3) is 1.93. The smallest absolute Gasteiger partial charge is 0.130 e. The van der Waals surface area contributed by atoms with Gasteiger partial charge in [-0.25, -0.2) is 0 Å². The van der Waals surface area contributed by atoms with Crippen LogP contribution in [-0.4, -0.2) is 0 Å². The Morgan fingerprint density at radius 1 is 1.07 bits per heavy atom. The maximum Gasteiger partial charge on any atom is 0.220 e. The first-order chi connectivity index (χ1) is 7.23. The minimum Gasteiger partial charge on any atom is -0.130 e. The van der Waals surface area contributed by atoms with E-state index in [0.29, 0.717) is 5.92 Å². The zero-order valence-electron chi connectivity index (χ0n) is 8.96. The first kappa shape index (κ1) is 9.96. The summed E-state index contributed by atoms with van der Waals surface area (Å²) in [4.78, 5) is 0. The summed E-state index contributed by atoms with van der Waals surface area (Å²) in [6, 6.07) is 9.99. The molecule has 0 amide bonds. The van der Waals surface area contributed by atoms with Crippen LogP contribution in [0.25, 0.3) is 0 Å². The average Bonchev–Trinajstić information content (AvgIpc) is 2.68. The van der Waals surface area contributed by atoms with Crippen molar-refractivity contribution in [3.63, 3.8) is 0 Å². The highest BCUT2D eigenvalue weighted by molar-refractivity contribution is 5.24. The van der Waals surface area contributed by atoms with Crippen molar-refractivity contribution in [1.82, 2.24) is 0 Å². The van der Waals surface area contributed by atoms with Gasteiger partial charge in [-0.05, 0) is 16.4 Å². The molecule has 1 aliphatic rings. The third-order valence-electron chi connectivity index (χ3n) is 2.39. The number of benzene rings is 1. The topological polar surface area (TPSA) is 49.4 Å². The van der Waals surface area contributed by atoms with E-state index >= 15 is 0 Å². The second-order valence-corrected chi connectivity index (χ2v) is 4.16. The summed E-state index contributed by atoms with van der Waals surface area (Å²) in [5.41, 5.74) is 0.485. The molecule has 1 aromatic carbocycles. The van der Waals surface area contributed by atoms with Crippen LogP contribution in [0.2, 0.25) is 0 Å². The summed E-state index contributed by atoms with van der Waals surface area (Å²) in [7, 11) is 0. The van der Waals surface area contributed by atoms with E-state index in [0.717, 1.165) is 12.0 Å². The van der Waals surface area contributed by atoms with Gasteiger partial charge in [0, 0.05) is 12.0 Å². The minimum absolute atomic E-state index is 0.501. The Balaban J connectivity index is 2.36. The molecule has 1 aliphatic heterocycles. The summed E-state index contributed by atoms with van der Waals surface area (Å²) >= 11 is 0. The predicted molar refractivity (Wildman–Crippen MR) is 57.3 cm³/mol. The highest BCUT2D eigenvalue weighted by atomic mass is 15.6. The summed E-state index contributed by atoms with van der Waals surface area (Å²) in [6.07, 6.45) is 0.837. The van der Waals surface area contributed by atoms with Crippen molar-refractivity contribution in [2.75, 3.05) is 0 Å². The largest absolute Gasteiger partial charge is 0.220 e. The molecule has 0 saturated carbocycles.